The number of nitrogens with zero attached hydrogens (tertiary/aromatic N) is 4. The number of aryl methyl sites for hydroxylation is 2. The van der Waals surface area contributed by atoms with Crippen LogP contribution >= 0.6 is 27.3 Å². The molecule has 2 amide bonds. The van der Waals surface area contributed by atoms with E-state index in [1.54, 1.807) is 0 Å². The maximum absolute atomic E-state index is 12.8. The highest BCUT2D eigenvalue weighted by atomic mass is 79.9. The number of carbonyl (C=O) groups is 1. The van der Waals surface area contributed by atoms with Crippen molar-refractivity contribution >= 4 is 55.0 Å². The standard InChI is InChI=1S/C25H30BrN5OS/c1-3-4-21-28-23(22-19-10-5-16(2)15-20(19)33-24(22)29-21)30-11-13-31(14-12-30)25(32)27-18-8-6-17(26)7-9-18/h6-9,16H,3-5,10-15H2,1-2H3,(H,27,32). The molecule has 6 nitrogen and oxygen atoms in total. The second-order valence-corrected chi connectivity index (χ2v) is 11.2. The molecule has 1 saturated heterocycles. The molecule has 0 bridgehead atoms. The van der Waals surface area contributed by atoms with Crippen LogP contribution in [-0.2, 0) is 19.3 Å². The van der Waals surface area contributed by atoms with Crippen LogP contribution in [0.5, 0.6) is 0 Å². The third-order valence-corrected chi connectivity index (χ3v) is 8.29. The maximum Gasteiger partial charge on any atom is 0.321 e. The normalized spacial score (nSPS) is 18.5. The molecule has 5 rings (SSSR count). The summed E-state index contributed by atoms with van der Waals surface area (Å²) in [6.07, 6.45) is 5.45. The second kappa shape index (κ2) is 9.58. The van der Waals surface area contributed by atoms with E-state index in [0.29, 0.717) is 13.1 Å². The van der Waals surface area contributed by atoms with Gasteiger partial charge in [0.15, 0.2) is 0 Å². The zero-order valence-corrected chi connectivity index (χ0v) is 21.6. The molecule has 0 saturated carbocycles. The summed E-state index contributed by atoms with van der Waals surface area (Å²) in [4.78, 5) is 29.7. The summed E-state index contributed by atoms with van der Waals surface area (Å²) in [5, 5.41) is 4.29. The molecule has 1 N–H and O–H groups in total. The van der Waals surface area contributed by atoms with Crippen molar-refractivity contribution in [3.63, 3.8) is 0 Å². The molecule has 2 aromatic heterocycles. The first-order valence-corrected chi connectivity index (χ1v) is 13.5. The van der Waals surface area contributed by atoms with Gasteiger partial charge in [0.05, 0.1) is 5.39 Å². The predicted octanol–water partition coefficient (Wildman–Crippen LogP) is 5.89. The lowest BCUT2D eigenvalue weighted by atomic mass is 9.89. The Kier molecular flexibility index (Phi) is 6.56. The number of thiophene rings is 1. The van der Waals surface area contributed by atoms with Crippen molar-refractivity contribution < 1.29 is 4.79 Å². The smallest absolute Gasteiger partial charge is 0.321 e. The number of urea groups is 1. The molecule has 3 heterocycles. The predicted molar refractivity (Wildman–Crippen MR) is 140 cm³/mol. The van der Waals surface area contributed by atoms with Crippen LogP contribution in [0, 0.1) is 5.92 Å². The van der Waals surface area contributed by atoms with Gasteiger partial charge in [0.1, 0.15) is 16.5 Å². The Morgan fingerprint density at radius 1 is 1.18 bits per heavy atom. The summed E-state index contributed by atoms with van der Waals surface area (Å²) in [5.74, 6) is 2.77. The van der Waals surface area contributed by atoms with E-state index >= 15 is 0 Å². The number of amides is 2. The van der Waals surface area contributed by atoms with Crippen LogP contribution in [0.4, 0.5) is 16.3 Å². The summed E-state index contributed by atoms with van der Waals surface area (Å²) < 4.78 is 0.998. The van der Waals surface area contributed by atoms with Crippen molar-refractivity contribution in [2.45, 2.75) is 46.0 Å². The minimum atomic E-state index is -0.0432. The molecular formula is C25H30BrN5OS. The highest BCUT2D eigenvalue weighted by molar-refractivity contribution is 9.10. The lowest BCUT2D eigenvalue weighted by Crippen LogP contribution is -2.50. The van der Waals surface area contributed by atoms with E-state index in [0.717, 1.165) is 71.3 Å². The third kappa shape index (κ3) is 4.73. The highest BCUT2D eigenvalue weighted by Crippen LogP contribution is 2.41. The SMILES string of the molecule is CCCc1nc(N2CCN(C(=O)Nc3ccc(Br)cc3)CC2)c2c3c(sc2n1)CC(C)CC3. The van der Waals surface area contributed by atoms with E-state index in [1.807, 2.05) is 40.5 Å². The van der Waals surface area contributed by atoms with Gasteiger partial charge in [-0.1, -0.05) is 29.8 Å². The first kappa shape index (κ1) is 22.6. The molecule has 3 aromatic rings. The Bertz CT molecular complexity index is 1150. The van der Waals surface area contributed by atoms with Crippen molar-refractivity contribution in [2.24, 2.45) is 5.92 Å². The largest absolute Gasteiger partial charge is 0.352 e. The molecule has 1 aliphatic heterocycles. The molecule has 1 atom stereocenters. The van der Waals surface area contributed by atoms with Gasteiger partial charge in [-0.25, -0.2) is 14.8 Å². The lowest BCUT2D eigenvalue weighted by Gasteiger charge is -2.36. The molecule has 174 valence electrons. The zero-order valence-electron chi connectivity index (χ0n) is 19.2. The van der Waals surface area contributed by atoms with E-state index in [4.69, 9.17) is 9.97 Å². The lowest BCUT2D eigenvalue weighted by molar-refractivity contribution is 0.208. The van der Waals surface area contributed by atoms with Crippen molar-refractivity contribution in [3.8, 4) is 0 Å². The summed E-state index contributed by atoms with van der Waals surface area (Å²) in [5.41, 5.74) is 2.29. The van der Waals surface area contributed by atoms with Gasteiger partial charge in [-0.2, -0.15) is 0 Å². The summed E-state index contributed by atoms with van der Waals surface area (Å²) in [6, 6.07) is 7.64. The molecule has 0 spiro atoms. The van der Waals surface area contributed by atoms with Gasteiger partial charge < -0.3 is 15.1 Å². The van der Waals surface area contributed by atoms with Crippen LogP contribution in [0.3, 0.4) is 0 Å². The zero-order chi connectivity index (χ0) is 22.9. The number of nitrogens with one attached hydrogen (secondary N) is 1. The molecule has 1 aromatic carbocycles. The number of hydrogen-bond acceptors (Lipinski definition) is 5. The molecule has 2 aliphatic rings. The topological polar surface area (TPSA) is 61.4 Å². The van der Waals surface area contributed by atoms with E-state index in [-0.39, 0.29) is 6.03 Å². The van der Waals surface area contributed by atoms with E-state index in [9.17, 15) is 4.79 Å². The fourth-order valence-electron chi connectivity index (χ4n) is 4.79. The average Bonchev–Trinajstić information content (AvgIpc) is 3.17. The van der Waals surface area contributed by atoms with E-state index in [2.05, 4.69) is 40.0 Å². The first-order valence-electron chi connectivity index (χ1n) is 11.9. The number of carbonyl (C=O) groups excluding carboxylic acids is 1. The van der Waals surface area contributed by atoms with Crippen molar-refractivity contribution in [2.75, 3.05) is 36.4 Å². The molecule has 1 fully saturated rings. The van der Waals surface area contributed by atoms with Crippen LogP contribution in [0.15, 0.2) is 28.7 Å². The van der Waals surface area contributed by atoms with Crippen LogP contribution < -0.4 is 10.2 Å². The molecule has 1 aliphatic carbocycles. The van der Waals surface area contributed by atoms with Crippen LogP contribution in [0.25, 0.3) is 10.2 Å². The number of halogens is 1. The Morgan fingerprint density at radius 2 is 1.94 bits per heavy atom. The van der Waals surface area contributed by atoms with Crippen LogP contribution in [0.1, 0.15) is 43.0 Å². The van der Waals surface area contributed by atoms with Gasteiger partial charge >= 0.3 is 6.03 Å². The molecule has 1 unspecified atom stereocenters. The van der Waals surface area contributed by atoms with Gasteiger partial charge in [-0.15, -0.1) is 11.3 Å². The Labute approximate surface area is 207 Å². The number of aromatic nitrogens is 2. The number of fused-ring (bicyclic) bond motifs is 3. The number of piperazine rings is 1. The fourth-order valence-corrected chi connectivity index (χ4v) is 6.45. The first-order chi connectivity index (χ1) is 16.0. The minimum Gasteiger partial charge on any atom is -0.352 e. The van der Waals surface area contributed by atoms with Gasteiger partial charge in [0.25, 0.3) is 0 Å². The van der Waals surface area contributed by atoms with E-state index in [1.165, 1.54) is 22.2 Å². The van der Waals surface area contributed by atoms with Crippen molar-refractivity contribution in [3.05, 3.63) is 45.0 Å². The average molecular weight is 529 g/mol. The van der Waals surface area contributed by atoms with Crippen LogP contribution in [-0.4, -0.2) is 47.1 Å². The van der Waals surface area contributed by atoms with E-state index < -0.39 is 0 Å². The number of benzene rings is 1. The number of hydrogen-bond donors (Lipinski definition) is 1. The fraction of sp³-hybridized carbons (Fsp3) is 0.480. The molecule has 33 heavy (non-hydrogen) atoms. The number of anilines is 2. The number of rotatable bonds is 4. The van der Waals surface area contributed by atoms with Gasteiger partial charge in [0.2, 0.25) is 0 Å². The Hall–Kier alpha value is -2.19. The quantitative estimate of drug-likeness (QED) is 0.459. The van der Waals surface area contributed by atoms with Gasteiger partial charge in [-0.3, -0.25) is 0 Å². The molecule has 8 heteroatoms. The van der Waals surface area contributed by atoms with Crippen molar-refractivity contribution in [1.29, 1.82) is 0 Å². The van der Waals surface area contributed by atoms with Gasteiger partial charge in [0, 0.05) is 47.6 Å². The van der Waals surface area contributed by atoms with Crippen LogP contribution in [0.2, 0.25) is 0 Å². The Morgan fingerprint density at radius 3 is 2.67 bits per heavy atom. The van der Waals surface area contributed by atoms with Crippen molar-refractivity contribution in [1.82, 2.24) is 14.9 Å². The Balaban J connectivity index is 1.36. The summed E-state index contributed by atoms with van der Waals surface area (Å²) >= 11 is 5.31. The maximum atomic E-state index is 12.8. The highest BCUT2D eigenvalue weighted by Gasteiger charge is 2.28. The van der Waals surface area contributed by atoms with Gasteiger partial charge in [-0.05, 0) is 61.4 Å². The molecule has 0 radical (unpaired) electrons. The second-order valence-electron chi connectivity index (χ2n) is 9.16. The third-order valence-electron chi connectivity index (χ3n) is 6.62. The summed E-state index contributed by atoms with van der Waals surface area (Å²) in [7, 11) is 0. The minimum absolute atomic E-state index is 0.0432. The monoisotopic (exact) mass is 527 g/mol. The molecular weight excluding hydrogens is 498 g/mol. The summed E-state index contributed by atoms with van der Waals surface area (Å²) in [6.45, 7) is 7.46.